The third-order valence-electron chi connectivity index (χ3n) is 12.8. The second-order valence-electron chi connectivity index (χ2n) is 21.1. The van der Waals surface area contributed by atoms with E-state index in [2.05, 4.69) is 99.0 Å². The van der Waals surface area contributed by atoms with Gasteiger partial charge in [0.15, 0.2) is 0 Å². The van der Waals surface area contributed by atoms with Crippen molar-refractivity contribution in [1.29, 1.82) is 0 Å². The molecule has 0 fully saturated rings. The normalized spacial score (nSPS) is 14.3. The van der Waals surface area contributed by atoms with Crippen molar-refractivity contribution < 1.29 is 37.3 Å². The van der Waals surface area contributed by atoms with Crippen molar-refractivity contribution in [2.45, 2.75) is 264 Å². The Morgan fingerprint density at radius 2 is 0.877 bits per heavy atom. The topological polar surface area (TPSA) is 114 Å². The monoisotopic (exact) mass is 1040 g/mol. The van der Waals surface area contributed by atoms with Crippen LogP contribution in [0.3, 0.4) is 0 Å². The molecule has 0 saturated heterocycles. The predicted molar refractivity (Wildman–Crippen MR) is 311 cm³/mol. The smallest absolute Gasteiger partial charge is 0.306 e. The summed E-state index contributed by atoms with van der Waals surface area (Å²) < 4.78 is 30.3. The molecular weight excluding hydrogens is 928 g/mol. The maximum absolute atomic E-state index is 13.5. The Bertz CT molecular complexity index is 1530. The highest BCUT2D eigenvalue weighted by Gasteiger charge is 2.27. The number of nitrogens with one attached hydrogen (secondary N) is 1. The number of quaternary nitrogens is 1. The fourth-order valence-corrected chi connectivity index (χ4v) is 8.91. The molecule has 0 rings (SSSR count). The minimum Gasteiger partial charge on any atom is -0.756 e. The van der Waals surface area contributed by atoms with Crippen molar-refractivity contribution in [3.05, 3.63) is 85.1 Å². The van der Waals surface area contributed by atoms with Crippen molar-refractivity contribution in [2.24, 2.45) is 0 Å². The molecule has 0 aromatic heterocycles. The molecule has 0 aliphatic carbocycles. The van der Waals surface area contributed by atoms with Gasteiger partial charge in [0.25, 0.3) is 7.82 Å². The average molecular weight is 1040 g/mol. The number of amides is 1. The lowest BCUT2D eigenvalue weighted by molar-refractivity contribution is -0.870. The molecule has 0 aromatic carbocycles. The first-order chi connectivity index (χ1) is 35.4. The summed E-state index contributed by atoms with van der Waals surface area (Å²) in [5.41, 5.74) is 0. The molecule has 1 N–H and O–H groups in total. The zero-order chi connectivity index (χ0) is 53.6. The van der Waals surface area contributed by atoms with Crippen molar-refractivity contribution in [3.8, 4) is 0 Å². The summed E-state index contributed by atoms with van der Waals surface area (Å²) in [6.07, 6.45) is 68.3. The van der Waals surface area contributed by atoms with Crippen LogP contribution in [0.4, 0.5) is 0 Å². The summed E-state index contributed by atoms with van der Waals surface area (Å²) >= 11 is 0. The van der Waals surface area contributed by atoms with Gasteiger partial charge in [0.2, 0.25) is 5.91 Å². The van der Waals surface area contributed by atoms with Crippen LogP contribution in [0, 0.1) is 0 Å². The summed E-state index contributed by atoms with van der Waals surface area (Å²) in [4.78, 5) is 39.9. The molecular formula is C63H113N2O7P. The van der Waals surface area contributed by atoms with Gasteiger partial charge in [-0.15, -0.1) is 0 Å². The highest BCUT2D eigenvalue weighted by atomic mass is 31.2. The van der Waals surface area contributed by atoms with Gasteiger partial charge < -0.3 is 28.5 Å². The Labute approximate surface area is 450 Å². The SMILES string of the molecule is CC/C=C/C/C=C/C/C=C/CCCCCCCCC(=O)NC(COP(=O)([O-])OCC[N+](C)(C)C)C(/C=C/CCCCCCCCCCCC)OC(=O)CCCCCCCC/C=C\C/C=C\C/C=C\CCCCC. The van der Waals surface area contributed by atoms with E-state index >= 15 is 0 Å². The van der Waals surface area contributed by atoms with E-state index in [4.69, 9.17) is 13.8 Å². The number of rotatable bonds is 53. The number of carbonyl (C=O) groups excluding carboxylic acids is 2. The Morgan fingerprint density at radius 3 is 1.34 bits per heavy atom. The molecule has 0 aliphatic rings. The van der Waals surface area contributed by atoms with Gasteiger partial charge >= 0.3 is 5.97 Å². The molecule has 0 aromatic rings. The standard InChI is InChI=1S/C63H113N2O7P/c1-7-10-13-16-19-22-25-28-30-32-33-34-36-38-41-44-47-50-53-56-63(67)72-61(54-51-48-45-42-39-27-24-21-18-15-12-9-3)60(59-71-73(68,69)70-58-57-65(4,5)6)64-62(66)55-52-49-46-43-40-37-35-31-29-26-23-20-17-14-11-8-2/h11,14,19-20,22-23,28-31,33-34,51,54,60-61H,7-10,12-13,15-18,21,24-27,32,35-50,52-53,55-59H2,1-6H3,(H-,64,66,68,69)/b14-11+,22-19-,23-20+,30-28-,31-29+,34-33-,54-51+. The van der Waals surface area contributed by atoms with E-state index in [9.17, 15) is 19.0 Å². The number of carbonyl (C=O) groups is 2. The molecule has 0 aliphatic heterocycles. The van der Waals surface area contributed by atoms with Gasteiger partial charge in [-0.2, -0.15) is 0 Å². The van der Waals surface area contributed by atoms with E-state index in [1.807, 2.05) is 33.3 Å². The summed E-state index contributed by atoms with van der Waals surface area (Å²) in [5.74, 6) is -0.573. The molecule has 1 amide bonds. The summed E-state index contributed by atoms with van der Waals surface area (Å²) in [5, 5.41) is 3.01. The third-order valence-corrected chi connectivity index (χ3v) is 13.8. The number of hydrogen-bond donors (Lipinski definition) is 1. The number of unbranched alkanes of at least 4 members (excludes halogenated alkanes) is 25. The molecule has 0 saturated carbocycles. The molecule has 0 bridgehead atoms. The van der Waals surface area contributed by atoms with E-state index in [1.165, 1.54) is 77.0 Å². The first-order valence-electron chi connectivity index (χ1n) is 29.9. The minimum atomic E-state index is -4.71. The quantitative estimate of drug-likeness (QED) is 0.0212. The van der Waals surface area contributed by atoms with Crippen LogP contribution in [-0.4, -0.2) is 69.4 Å². The highest BCUT2D eigenvalue weighted by molar-refractivity contribution is 7.45. The summed E-state index contributed by atoms with van der Waals surface area (Å²) in [7, 11) is 1.16. The van der Waals surface area contributed by atoms with E-state index in [-0.39, 0.29) is 24.9 Å². The number of nitrogens with zero attached hydrogens (tertiary/aromatic N) is 1. The summed E-state index contributed by atoms with van der Waals surface area (Å²) in [6, 6.07) is -0.904. The highest BCUT2D eigenvalue weighted by Crippen LogP contribution is 2.38. The second kappa shape index (κ2) is 52.6. The van der Waals surface area contributed by atoms with E-state index < -0.39 is 26.6 Å². The van der Waals surface area contributed by atoms with Gasteiger partial charge in [-0.3, -0.25) is 14.2 Å². The minimum absolute atomic E-state index is 0.0309. The fraction of sp³-hybridized carbons (Fsp3) is 0.746. The number of phosphoric acid groups is 1. The Morgan fingerprint density at radius 1 is 0.493 bits per heavy atom. The lowest BCUT2D eigenvalue weighted by atomic mass is 10.0. The lowest BCUT2D eigenvalue weighted by Crippen LogP contribution is -2.47. The van der Waals surface area contributed by atoms with Gasteiger partial charge in [-0.1, -0.05) is 222 Å². The largest absolute Gasteiger partial charge is 0.756 e. The van der Waals surface area contributed by atoms with Crippen molar-refractivity contribution >= 4 is 19.7 Å². The Balaban J connectivity index is 5.35. The number of ether oxygens (including phenoxy) is 1. The number of esters is 1. The van der Waals surface area contributed by atoms with Gasteiger partial charge in [0, 0.05) is 12.8 Å². The van der Waals surface area contributed by atoms with Crippen LogP contribution in [0.5, 0.6) is 0 Å². The van der Waals surface area contributed by atoms with E-state index in [0.29, 0.717) is 23.9 Å². The van der Waals surface area contributed by atoms with Crippen LogP contribution in [0.1, 0.15) is 252 Å². The Kier molecular flexibility index (Phi) is 50.6. The number of likely N-dealkylation sites (N-methyl/N-ethyl adjacent to an activating group) is 1. The predicted octanol–water partition coefficient (Wildman–Crippen LogP) is 17.6. The first-order valence-corrected chi connectivity index (χ1v) is 31.4. The van der Waals surface area contributed by atoms with Crippen LogP contribution >= 0.6 is 7.82 Å². The summed E-state index contributed by atoms with van der Waals surface area (Å²) in [6.45, 7) is 6.68. The van der Waals surface area contributed by atoms with E-state index in [1.54, 1.807) is 0 Å². The maximum atomic E-state index is 13.5. The zero-order valence-corrected chi connectivity index (χ0v) is 49.0. The van der Waals surface area contributed by atoms with Crippen LogP contribution in [0.15, 0.2) is 85.1 Å². The fourth-order valence-electron chi connectivity index (χ4n) is 8.19. The molecule has 9 nitrogen and oxygen atoms in total. The third kappa shape index (κ3) is 53.8. The molecule has 422 valence electrons. The van der Waals surface area contributed by atoms with Crippen LogP contribution in [0.2, 0.25) is 0 Å². The Hall–Kier alpha value is -2.81. The molecule has 0 radical (unpaired) electrons. The number of hydrogen-bond acceptors (Lipinski definition) is 7. The zero-order valence-electron chi connectivity index (χ0n) is 48.1. The van der Waals surface area contributed by atoms with Crippen LogP contribution in [0.25, 0.3) is 0 Å². The van der Waals surface area contributed by atoms with Crippen molar-refractivity contribution in [3.63, 3.8) is 0 Å². The van der Waals surface area contributed by atoms with Crippen LogP contribution < -0.4 is 10.2 Å². The van der Waals surface area contributed by atoms with Gasteiger partial charge in [-0.05, 0) is 102 Å². The van der Waals surface area contributed by atoms with Gasteiger partial charge in [0.05, 0.1) is 33.8 Å². The molecule has 73 heavy (non-hydrogen) atoms. The molecule has 10 heteroatoms. The number of phosphoric ester groups is 1. The number of allylic oxidation sites excluding steroid dienone is 13. The van der Waals surface area contributed by atoms with Crippen molar-refractivity contribution in [1.82, 2.24) is 5.32 Å². The average Bonchev–Trinajstić information content (AvgIpc) is 3.35. The molecule has 0 spiro atoms. The van der Waals surface area contributed by atoms with Gasteiger partial charge in [0.1, 0.15) is 19.3 Å². The van der Waals surface area contributed by atoms with Crippen LogP contribution in [-0.2, 0) is 27.9 Å². The lowest BCUT2D eigenvalue weighted by Gasteiger charge is -2.30. The second-order valence-corrected chi connectivity index (χ2v) is 22.5. The molecule has 3 unspecified atom stereocenters. The maximum Gasteiger partial charge on any atom is 0.306 e. The molecule has 3 atom stereocenters. The van der Waals surface area contributed by atoms with E-state index in [0.717, 1.165) is 135 Å². The van der Waals surface area contributed by atoms with Crippen molar-refractivity contribution in [2.75, 3.05) is 40.9 Å². The van der Waals surface area contributed by atoms with Gasteiger partial charge in [-0.25, -0.2) is 0 Å². The molecule has 0 heterocycles. The first kappa shape index (κ1) is 70.2.